The van der Waals surface area contributed by atoms with Crippen molar-refractivity contribution in [3.8, 4) is 0 Å². The van der Waals surface area contributed by atoms with Gasteiger partial charge in [-0.15, -0.1) is 11.3 Å². The largest absolute Gasteiger partial charge is 0.462 e. The zero-order chi connectivity index (χ0) is 27.5. The number of rotatable bonds is 6. The van der Waals surface area contributed by atoms with E-state index in [2.05, 4.69) is 33.1 Å². The summed E-state index contributed by atoms with van der Waals surface area (Å²) in [6.45, 7) is 10.9. The van der Waals surface area contributed by atoms with Crippen molar-refractivity contribution < 1.29 is 27.6 Å². The highest BCUT2D eigenvalue weighted by atomic mass is 32.2. The number of carbonyl (C=O) groups excluding carboxylic acids is 2. The van der Waals surface area contributed by atoms with E-state index in [1.807, 2.05) is 0 Å². The predicted molar refractivity (Wildman–Crippen MR) is 147 cm³/mol. The van der Waals surface area contributed by atoms with Crippen molar-refractivity contribution in [2.24, 2.45) is 10.8 Å². The van der Waals surface area contributed by atoms with Crippen molar-refractivity contribution in [3.05, 3.63) is 45.8 Å². The number of fused-ring (bicyclic) bond motifs is 3. The molecule has 1 saturated heterocycles. The summed E-state index contributed by atoms with van der Waals surface area (Å²) >= 11 is 1.42. The molecule has 3 heterocycles. The maximum absolute atomic E-state index is 13.6. The van der Waals surface area contributed by atoms with E-state index in [0.717, 1.165) is 49.2 Å². The van der Waals surface area contributed by atoms with Gasteiger partial charge in [-0.05, 0) is 66.8 Å². The first-order valence-corrected chi connectivity index (χ1v) is 15.6. The van der Waals surface area contributed by atoms with E-state index < -0.39 is 16.0 Å². The molecule has 3 aliphatic rings. The lowest BCUT2D eigenvalue weighted by atomic mass is 9.65. The molecule has 1 aromatic carbocycles. The van der Waals surface area contributed by atoms with Gasteiger partial charge in [-0.3, -0.25) is 4.79 Å². The van der Waals surface area contributed by atoms with Crippen LogP contribution in [0.3, 0.4) is 0 Å². The number of benzene rings is 1. The number of quaternary nitrogens is 1. The number of likely N-dealkylation sites (N-methyl/N-ethyl adjacent to an activating group) is 1. The van der Waals surface area contributed by atoms with Crippen LogP contribution in [0.5, 0.6) is 0 Å². The Balaban J connectivity index is 1.36. The molecule has 5 rings (SSSR count). The molecule has 1 aliphatic carbocycles. The SMILES string of the molecule is CCOC(=O)c1c(NC(=O)c2ccc(S(=O)(=O)N3CC4(C)CC3CC(C)(C)C4)cc2)sc2c1CC[NH+](C)C2. The number of nitrogens with one attached hydrogen (secondary N) is 2. The number of ether oxygens (including phenoxy) is 1. The summed E-state index contributed by atoms with van der Waals surface area (Å²) in [6, 6.07) is 6.13. The van der Waals surface area contributed by atoms with Gasteiger partial charge in [-0.25, -0.2) is 13.2 Å². The molecular formula is C28H38N3O5S2+. The van der Waals surface area contributed by atoms with Gasteiger partial charge in [0.2, 0.25) is 10.0 Å². The summed E-state index contributed by atoms with van der Waals surface area (Å²) in [5, 5.41) is 3.40. The maximum Gasteiger partial charge on any atom is 0.341 e. The van der Waals surface area contributed by atoms with Crippen LogP contribution in [-0.2, 0) is 27.7 Å². The number of amides is 1. The standard InChI is InChI=1S/C28H37N3O5S2/c1-6-36-26(33)23-21-11-12-30(5)15-22(21)37-25(23)29-24(32)18-7-9-20(10-8-18)38(34,35)31-17-28(4)14-19(31)13-27(2,3)16-28/h7-10,19H,6,11-17H2,1-5H3,(H,29,32)/p+1. The van der Waals surface area contributed by atoms with Crippen LogP contribution in [0.15, 0.2) is 29.2 Å². The van der Waals surface area contributed by atoms with Crippen molar-refractivity contribution in [2.75, 3.05) is 32.1 Å². The van der Waals surface area contributed by atoms with Crippen LogP contribution in [0, 0.1) is 10.8 Å². The van der Waals surface area contributed by atoms with Crippen LogP contribution in [-0.4, -0.2) is 57.4 Å². The molecule has 0 spiro atoms. The Labute approximate surface area is 229 Å². The average molecular weight is 561 g/mol. The van der Waals surface area contributed by atoms with Crippen LogP contribution in [0.4, 0.5) is 5.00 Å². The number of esters is 1. The lowest BCUT2D eigenvalue weighted by molar-refractivity contribution is -0.895. The second-order valence-corrected chi connectivity index (χ2v) is 15.3. The minimum Gasteiger partial charge on any atom is -0.462 e. The van der Waals surface area contributed by atoms with E-state index in [0.29, 0.717) is 22.7 Å². The van der Waals surface area contributed by atoms with Gasteiger partial charge in [0.05, 0.1) is 35.5 Å². The molecule has 2 N–H and O–H groups in total. The first kappa shape index (κ1) is 27.3. The van der Waals surface area contributed by atoms with E-state index in [1.165, 1.54) is 28.4 Å². The summed E-state index contributed by atoms with van der Waals surface area (Å²) in [5.74, 6) is -0.806. The minimum absolute atomic E-state index is 0.00349. The molecule has 2 bridgehead atoms. The zero-order valence-corrected chi connectivity index (χ0v) is 24.5. The molecule has 1 aromatic heterocycles. The van der Waals surface area contributed by atoms with Crippen LogP contribution < -0.4 is 10.2 Å². The number of sulfonamides is 1. The summed E-state index contributed by atoms with van der Waals surface area (Å²) in [7, 11) is -1.57. The van der Waals surface area contributed by atoms with E-state index in [1.54, 1.807) is 23.4 Å². The number of hydrogen-bond donors (Lipinski definition) is 2. The van der Waals surface area contributed by atoms with Gasteiger partial charge < -0.3 is 15.0 Å². The topological polar surface area (TPSA) is 97.2 Å². The number of carbonyl (C=O) groups is 2. The first-order valence-electron chi connectivity index (χ1n) is 13.4. The van der Waals surface area contributed by atoms with Crippen molar-refractivity contribution in [2.45, 2.75) is 70.9 Å². The molecule has 1 saturated carbocycles. The quantitative estimate of drug-likeness (QED) is 0.529. The van der Waals surface area contributed by atoms with Gasteiger partial charge in [0.25, 0.3) is 5.91 Å². The Bertz CT molecular complexity index is 1370. The molecule has 3 unspecified atom stereocenters. The second kappa shape index (κ2) is 9.73. The first-order chi connectivity index (χ1) is 17.8. The Hall–Kier alpha value is -2.27. The number of thiophene rings is 1. The Morgan fingerprint density at radius 2 is 1.89 bits per heavy atom. The zero-order valence-electron chi connectivity index (χ0n) is 22.8. The summed E-state index contributed by atoms with van der Waals surface area (Å²) in [4.78, 5) is 28.6. The average Bonchev–Trinajstić information content (AvgIpc) is 3.31. The number of hydrogen-bond acceptors (Lipinski definition) is 6. The lowest BCUT2D eigenvalue weighted by Crippen LogP contribution is -3.08. The fraction of sp³-hybridized carbons (Fsp3) is 0.571. The third kappa shape index (κ3) is 5.03. The van der Waals surface area contributed by atoms with E-state index in [9.17, 15) is 18.0 Å². The minimum atomic E-state index is -3.67. The smallest absolute Gasteiger partial charge is 0.341 e. The maximum atomic E-state index is 13.6. The van der Waals surface area contributed by atoms with E-state index in [-0.39, 0.29) is 34.3 Å². The van der Waals surface area contributed by atoms with Crippen LogP contribution in [0.2, 0.25) is 0 Å². The molecule has 2 aromatic rings. The van der Waals surface area contributed by atoms with Crippen molar-refractivity contribution in [1.82, 2.24) is 4.31 Å². The third-order valence-corrected chi connectivity index (χ3v) is 11.2. The third-order valence-electron chi connectivity index (χ3n) is 8.15. The van der Waals surface area contributed by atoms with E-state index in [4.69, 9.17) is 4.74 Å². The molecule has 3 atom stereocenters. The van der Waals surface area contributed by atoms with Crippen LogP contribution in [0.1, 0.15) is 78.1 Å². The molecule has 206 valence electrons. The number of anilines is 1. The Morgan fingerprint density at radius 3 is 2.58 bits per heavy atom. The summed E-state index contributed by atoms with van der Waals surface area (Å²) in [5.41, 5.74) is 1.85. The highest BCUT2D eigenvalue weighted by Crippen LogP contribution is 2.53. The predicted octanol–water partition coefficient (Wildman–Crippen LogP) is 3.34. The Morgan fingerprint density at radius 1 is 1.18 bits per heavy atom. The molecule has 0 radical (unpaired) electrons. The molecule has 2 fully saturated rings. The van der Waals surface area contributed by atoms with Gasteiger partial charge in [-0.1, -0.05) is 20.8 Å². The van der Waals surface area contributed by atoms with Gasteiger partial charge in [0.1, 0.15) is 11.5 Å². The number of nitrogens with zero attached hydrogens (tertiary/aromatic N) is 1. The lowest BCUT2D eigenvalue weighted by Gasteiger charge is -2.39. The Kier molecular flexibility index (Phi) is 6.99. The summed E-state index contributed by atoms with van der Waals surface area (Å²) in [6.07, 6.45) is 3.51. The fourth-order valence-corrected chi connectivity index (χ4v) is 10.0. The highest BCUT2D eigenvalue weighted by molar-refractivity contribution is 7.89. The fourth-order valence-electron chi connectivity index (χ4n) is 6.91. The molecular weight excluding hydrogens is 522 g/mol. The van der Waals surface area contributed by atoms with Crippen molar-refractivity contribution in [1.29, 1.82) is 0 Å². The van der Waals surface area contributed by atoms with Gasteiger partial charge >= 0.3 is 5.97 Å². The molecule has 1 amide bonds. The van der Waals surface area contributed by atoms with Crippen LogP contribution >= 0.6 is 11.3 Å². The van der Waals surface area contributed by atoms with Gasteiger partial charge in [-0.2, -0.15) is 4.31 Å². The normalized spacial score (nSPS) is 26.6. The molecule has 8 nitrogen and oxygen atoms in total. The van der Waals surface area contributed by atoms with E-state index >= 15 is 0 Å². The van der Waals surface area contributed by atoms with Gasteiger partial charge in [0, 0.05) is 24.6 Å². The van der Waals surface area contributed by atoms with Crippen molar-refractivity contribution >= 4 is 38.2 Å². The molecule has 10 heteroatoms. The highest BCUT2D eigenvalue weighted by Gasteiger charge is 2.53. The second-order valence-electron chi connectivity index (χ2n) is 12.3. The van der Waals surface area contributed by atoms with Crippen LogP contribution in [0.25, 0.3) is 0 Å². The summed E-state index contributed by atoms with van der Waals surface area (Å²) < 4.78 is 34.2. The molecule has 38 heavy (non-hydrogen) atoms. The van der Waals surface area contributed by atoms with Gasteiger partial charge in [0.15, 0.2) is 0 Å². The van der Waals surface area contributed by atoms with Crippen molar-refractivity contribution in [3.63, 3.8) is 0 Å². The monoisotopic (exact) mass is 560 g/mol. The molecule has 2 aliphatic heterocycles.